The molecular weight excluding hydrogens is 1420 g/mol. The van der Waals surface area contributed by atoms with E-state index in [0.29, 0.717) is 19.3 Å². The van der Waals surface area contributed by atoms with Gasteiger partial charge in [-0.1, -0.05) is 347 Å². The molecule has 112 heavy (non-hydrogen) atoms. The molecule has 644 valence electrons. The number of unbranched alkanes of at least 4 members (excludes halogenated alkanes) is 32. The monoisotopic (exact) mass is 1580 g/mol. The Balaban J connectivity index is 1.36. The fraction of sp³-hybridized carbons (Fsp3) is 0.753. The third-order valence-corrected chi connectivity index (χ3v) is 21.2. The lowest BCUT2D eigenvalue weighted by Gasteiger charge is -2.48. The molecule has 12 N–H and O–H groups in total. The molecular formula is C93H159NO18. The van der Waals surface area contributed by atoms with Gasteiger partial charge in [-0.25, -0.2) is 0 Å². The highest BCUT2D eigenvalue weighted by Crippen LogP contribution is 2.33. The molecule has 19 heteroatoms. The molecule has 19 nitrogen and oxygen atoms in total. The van der Waals surface area contributed by atoms with Crippen LogP contribution in [0.1, 0.15) is 316 Å². The molecule has 3 fully saturated rings. The van der Waals surface area contributed by atoms with Crippen LogP contribution >= 0.6 is 0 Å². The summed E-state index contributed by atoms with van der Waals surface area (Å²) in [6, 6.07) is -0.918. The Kier molecular flexibility index (Phi) is 64.8. The van der Waals surface area contributed by atoms with Crippen molar-refractivity contribution in [2.45, 2.75) is 420 Å². The topological polar surface area (TPSA) is 307 Å². The Hall–Kier alpha value is -4.07. The van der Waals surface area contributed by atoms with Crippen LogP contribution < -0.4 is 5.32 Å². The van der Waals surface area contributed by atoms with Gasteiger partial charge in [-0.05, 0) is 96.3 Å². The highest BCUT2D eigenvalue weighted by atomic mass is 16.8. The predicted molar refractivity (Wildman–Crippen MR) is 452 cm³/mol. The van der Waals surface area contributed by atoms with Crippen LogP contribution in [0.25, 0.3) is 0 Å². The SMILES string of the molecule is CC/C=C\C/C=C\C/C=C\C/C=C\C/C=C\C/C=C\C/C=C\C/C=C\C/C=C\C/C=C\C/C=C\CCCCCC(=O)NC(COC1OC(CO)C(OC2OC(CO)C(OC3OC(CO)C(O)C(O)C3O)C(O)C2O)C(O)C1O)C(O)CCCCCCCCCCCCCCCCCCCCCCCCCCCCCCCC. The molecule has 0 radical (unpaired) electrons. The van der Waals surface area contributed by atoms with Gasteiger partial charge < -0.3 is 89.9 Å². The molecule has 0 aromatic heterocycles. The first-order chi connectivity index (χ1) is 54.8. The van der Waals surface area contributed by atoms with Gasteiger partial charge >= 0.3 is 0 Å². The maximum absolute atomic E-state index is 13.5. The van der Waals surface area contributed by atoms with E-state index in [4.69, 9.17) is 28.4 Å². The number of hydrogen-bond acceptors (Lipinski definition) is 18. The number of aliphatic hydroxyl groups is 11. The van der Waals surface area contributed by atoms with Crippen molar-refractivity contribution in [1.82, 2.24) is 5.32 Å². The summed E-state index contributed by atoms with van der Waals surface area (Å²) in [5.74, 6) is -0.276. The normalized spacial score (nSPS) is 25.6. The van der Waals surface area contributed by atoms with Crippen LogP contribution in [0.5, 0.6) is 0 Å². The lowest BCUT2D eigenvalue weighted by atomic mass is 9.96. The number of aliphatic hydroxyl groups excluding tert-OH is 11. The van der Waals surface area contributed by atoms with Crippen LogP contribution in [0.3, 0.4) is 0 Å². The summed E-state index contributed by atoms with van der Waals surface area (Å²) in [5.41, 5.74) is 0. The Morgan fingerprint density at radius 2 is 0.616 bits per heavy atom. The smallest absolute Gasteiger partial charge is 0.220 e. The van der Waals surface area contributed by atoms with Crippen LogP contribution in [0, 0.1) is 0 Å². The lowest BCUT2D eigenvalue weighted by Crippen LogP contribution is -2.66. The first kappa shape index (κ1) is 102. The van der Waals surface area contributed by atoms with Crippen LogP contribution in [0.4, 0.5) is 0 Å². The van der Waals surface area contributed by atoms with E-state index in [9.17, 15) is 61.0 Å². The number of amides is 1. The fourth-order valence-corrected chi connectivity index (χ4v) is 14.2. The van der Waals surface area contributed by atoms with Gasteiger partial charge in [-0.2, -0.15) is 0 Å². The van der Waals surface area contributed by atoms with Crippen LogP contribution in [-0.2, 0) is 33.2 Å². The Morgan fingerprint density at radius 1 is 0.330 bits per heavy atom. The maximum Gasteiger partial charge on any atom is 0.220 e. The van der Waals surface area contributed by atoms with Crippen molar-refractivity contribution >= 4 is 5.91 Å². The van der Waals surface area contributed by atoms with Crippen LogP contribution in [-0.4, -0.2) is 193 Å². The van der Waals surface area contributed by atoms with E-state index < -0.39 is 124 Å². The van der Waals surface area contributed by atoms with Crippen molar-refractivity contribution in [1.29, 1.82) is 0 Å². The lowest BCUT2D eigenvalue weighted by molar-refractivity contribution is -0.379. The average Bonchev–Trinajstić information content (AvgIpc) is 0.781. The van der Waals surface area contributed by atoms with E-state index in [1.165, 1.54) is 167 Å². The van der Waals surface area contributed by atoms with E-state index in [1.54, 1.807) is 0 Å². The summed E-state index contributed by atoms with van der Waals surface area (Å²) >= 11 is 0. The van der Waals surface area contributed by atoms with Crippen LogP contribution in [0.15, 0.2) is 134 Å². The molecule has 1 amide bonds. The minimum atomic E-state index is -1.98. The number of hydrogen-bond donors (Lipinski definition) is 12. The van der Waals surface area contributed by atoms with Gasteiger partial charge in [0.25, 0.3) is 0 Å². The predicted octanol–water partition coefficient (Wildman–Crippen LogP) is 16.8. The first-order valence-corrected chi connectivity index (χ1v) is 44.4. The number of carbonyl (C=O) groups is 1. The van der Waals surface area contributed by atoms with Crippen molar-refractivity contribution in [2.75, 3.05) is 26.4 Å². The Bertz CT molecular complexity index is 2540. The van der Waals surface area contributed by atoms with Crippen molar-refractivity contribution < 1.29 is 89.4 Å². The summed E-state index contributed by atoms with van der Waals surface area (Å²) in [6.07, 6.45) is 75.5. The second-order valence-corrected chi connectivity index (χ2v) is 31.0. The van der Waals surface area contributed by atoms with Crippen molar-refractivity contribution in [2.24, 2.45) is 0 Å². The molecule has 0 spiro atoms. The van der Waals surface area contributed by atoms with E-state index >= 15 is 0 Å². The van der Waals surface area contributed by atoms with Gasteiger partial charge in [0.1, 0.15) is 73.2 Å². The van der Waals surface area contributed by atoms with Crippen molar-refractivity contribution in [3.63, 3.8) is 0 Å². The molecule has 0 aromatic carbocycles. The second-order valence-electron chi connectivity index (χ2n) is 31.0. The van der Waals surface area contributed by atoms with Crippen molar-refractivity contribution in [3.05, 3.63) is 134 Å². The minimum Gasteiger partial charge on any atom is -0.394 e. The first-order valence-electron chi connectivity index (χ1n) is 44.4. The van der Waals surface area contributed by atoms with E-state index in [0.717, 1.165) is 109 Å². The molecule has 0 aromatic rings. The van der Waals surface area contributed by atoms with Gasteiger partial charge in [0.05, 0.1) is 38.6 Å². The molecule has 3 aliphatic rings. The number of rotatable bonds is 70. The van der Waals surface area contributed by atoms with Gasteiger partial charge in [0.2, 0.25) is 5.91 Å². The second kappa shape index (κ2) is 71.1. The number of nitrogens with one attached hydrogen (secondary N) is 1. The van der Waals surface area contributed by atoms with Gasteiger partial charge in [-0.3, -0.25) is 4.79 Å². The van der Waals surface area contributed by atoms with E-state index in [1.807, 2.05) is 0 Å². The van der Waals surface area contributed by atoms with Gasteiger partial charge in [-0.15, -0.1) is 0 Å². The van der Waals surface area contributed by atoms with E-state index in [-0.39, 0.29) is 18.9 Å². The average molecular weight is 1580 g/mol. The minimum absolute atomic E-state index is 0.218. The largest absolute Gasteiger partial charge is 0.394 e. The third-order valence-electron chi connectivity index (χ3n) is 21.2. The number of allylic oxidation sites excluding steroid dienone is 22. The molecule has 0 aliphatic carbocycles. The van der Waals surface area contributed by atoms with Crippen molar-refractivity contribution in [3.8, 4) is 0 Å². The molecule has 0 saturated carbocycles. The molecule has 0 bridgehead atoms. The summed E-state index contributed by atoms with van der Waals surface area (Å²) in [7, 11) is 0. The number of ether oxygens (including phenoxy) is 6. The fourth-order valence-electron chi connectivity index (χ4n) is 14.2. The van der Waals surface area contributed by atoms with Crippen LogP contribution in [0.2, 0.25) is 0 Å². The third kappa shape index (κ3) is 49.2. The molecule has 3 saturated heterocycles. The molecule has 17 atom stereocenters. The molecule has 3 heterocycles. The quantitative estimate of drug-likeness (QED) is 0.0199. The van der Waals surface area contributed by atoms with E-state index in [2.05, 4.69) is 153 Å². The standard InChI is InChI=1S/C93H159NO18/c1-3-5-7-9-11-13-15-17-19-21-23-25-27-29-31-33-35-36-37-38-39-40-41-43-45-47-49-51-53-55-57-59-61-63-65-67-69-71-81(99)94-76(77(98)70-68-66-64-62-60-58-56-54-52-50-48-46-44-42-34-32-30-28-26-24-22-20-18-16-14-12-10-8-6-4-2)75-107-91-87(105)84(102)89(79(73-96)109-91)112-93-88(106)85(103)90(80(74-97)110-93)111-92-86(104)83(101)82(100)78(72-95)108-92/h5,7,11,13,17,19,23,25,29,31,35-36,38-39,41,43,47,49,53,55,59,61,76-80,82-93,95-98,100-106H,3-4,6,8-10,12,14-16,18,20-22,24,26-28,30,32-34,37,40,42,44-46,48,50-52,54,56-58,60,62-75H2,1-2H3,(H,94,99)/b7-5-,13-11-,19-17-,25-23-,31-29-,36-35-,39-38-,43-41-,49-47-,55-53-,61-59-. The zero-order valence-electron chi connectivity index (χ0n) is 69.4. The molecule has 17 unspecified atom stereocenters. The summed E-state index contributed by atoms with van der Waals surface area (Å²) < 4.78 is 34.6. The maximum atomic E-state index is 13.5. The summed E-state index contributed by atoms with van der Waals surface area (Å²) in [4.78, 5) is 13.5. The molecule has 3 rings (SSSR count). The highest BCUT2D eigenvalue weighted by Gasteiger charge is 2.54. The zero-order valence-corrected chi connectivity index (χ0v) is 69.4. The Labute approximate surface area is 677 Å². The molecule has 3 aliphatic heterocycles. The highest BCUT2D eigenvalue weighted by molar-refractivity contribution is 5.76. The number of carbonyl (C=O) groups excluding carboxylic acids is 1. The zero-order chi connectivity index (χ0) is 81.0. The van der Waals surface area contributed by atoms with Gasteiger partial charge in [0, 0.05) is 6.42 Å². The summed E-state index contributed by atoms with van der Waals surface area (Å²) in [5, 5.41) is 121. The van der Waals surface area contributed by atoms with Gasteiger partial charge in [0.15, 0.2) is 18.9 Å². The Morgan fingerprint density at radius 3 is 0.955 bits per heavy atom. The summed E-state index contributed by atoms with van der Waals surface area (Å²) in [6.45, 7) is 1.69.